The number of nitrogens with two attached hydrogens (primary N) is 2. The van der Waals surface area contributed by atoms with Crippen molar-refractivity contribution in [2.75, 3.05) is 52.3 Å². The fraction of sp³-hybridized carbons (Fsp3) is 0.489. The number of aliphatic hydroxyl groups excluding tert-OH is 1. The van der Waals surface area contributed by atoms with E-state index in [9.17, 15) is 68.0 Å². The minimum atomic E-state index is -1.82. The lowest BCUT2D eigenvalue weighted by atomic mass is 9.99. The van der Waals surface area contributed by atoms with Gasteiger partial charge in [0.15, 0.2) is 0 Å². The summed E-state index contributed by atoms with van der Waals surface area (Å²) in [6.45, 7) is 14.5. The summed E-state index contributed by atoms with van der Waals surface area (Å²) in [6, 6.07) is 17.7. The molecule has 3 fully saturated rings. The first-order valence-electron chi connectivity index (χ1n) is 44.2. The Bertz CT molecular complexity index is 4970. The third-order valence-electron chi connectivity index (χ3n) is 23.8. The molecule has 1 aromatic heterocycles. The van der Waals surface area contributed by atoms with E-state index in [0.717, 1.165) is 45.3 Å². The Kier molecular flexibility index (Phi) is 38.1. The van der Waals surface area contributed by atoms with Gasteiger partial charge in [0.25, 0.3) is 0 Å². The van der Waals surface area contributed by atoms with Gasteiger partial charge in [0.1, 0.15) is 84.5 Å². The Morgan fingerprint density at radius 1 is 0.649 bits per heavy atom. The summed E-state index contributed by atoms with van der Waals surface area (Å²) in [4.78, 5) is 208. The highest BCUT2D eigenvalue weighted by atomic mass is 32.2. The number of phenolic OH excluding ortho intramolecular Hbond substituents is 2. The van der Waals surface area contributed by atoms with Gasteiger partial charge in [0.2, 0.25) is 70.9 Å². The first-order valence-corrected chi connectivity index (χ1v) is 45.4. The highest BCUT2D eigenvalue weighted by Gasteiger charge is 2.54. The number of amides is 12. The molecule has 131 heavy (non-hydrogen) atoms. The number of hydrogen-bond acceptors (Lipinski definition) is 22. The minimum absolute atomic E-state index is 0.0194. The number of carboxylic acid groups (broad SMARTS) is 1. The van der Waals surface area contributed by atoms with Crippen LogP contribution in [-0.2, 0) is 104 Å². The predicted molar refractivity (Wildman–Crippen MR) is 488 cm³/mol. The van der Waals surface area contributed by atoms with E-state index in [-0.39, 0.29) is 87.0 Å². The van der Waals surface area contributed by atoms with Gasteiger partial charge in [-0.2, -0.15) is 0 Å². The van der Waals surface area contributed by atoms with E-state index in [4.69, 9.17) is 16.2 Å². The Hall–Kier alpha value is -12.2. The van der Waals surface area contributed by atoms with Gasteiger partial charge in [-0.25, -0.2) is 4.39 Å². The first kappa shape index (κ1) is 103. The molecule has 35 nitrogen and oxygen atoms in total. The van der Waals surface area contributed by atoms with Gasteiger partial charge >= 0.3 is 5.97 Å². The van der Waals surface area contributed by atoms with E-state index in [1.165, 1.54) is 72.2 Å². The standard InChI is InChI=1S/C94H125FN16O19S/c1-11-12-24-75(92(128)110-39-18-25-73(110)87(123)100-62(50-112)47-79(117)118)107(8)91(127)76(45-56-20-14-13-15-21-56)108(9)90(126)71(44-57-27-33-61(95)34-28-57)101-78(116)52-131-51-72(83(119)99-49-77(96)115)106-84(120)68(41-53(2)3)103-85(121)69(43-59-31-37-64(114)38-32-59)104-86(122)70(46-60-48-98-66-23-17-16-22-65(60)66)105-88(124)74-26-19-40-111(74)94-82(130-94)67(42-58-29-35-63(113)36-30-58)102-89(125)81(55(6)7)109(10)93(129)80(97)54(4)5/h13-17,20-23,27-38,48,50,53-54,62,67-76,80-82,85,94,98,103,113-114,121H,6,11-12,18-19,24-26,39-47,49,51-52,97H2,1-5,7-10H3,(H2,96,115)(H,99,119)(H,100,123)(H,101,116)(H,102,125)(H,104,122)(H,105,124)(H,106,120)(H,117,118)/t62-,67-,68-,69-,70-,71-,72-,73+,74+,75-,76-,80-,81-,82?,85?,94?/m0/s1. The number of hydrogen-bond donors (Lipinski definition) is 15. The summed E-state index contributed by atoms with van der Waals surface area (Å²) >= 11 is 0.823. The van der Waals surface area contributed by atoms with E-state index < -0.39 is 198 Å². The maximum atomic E-state index is 15.5. The van der Waals surface area contributed by atoms with Crippen molar-refractivity contribution >= 4 is 106 Å². The molecular weight excluding hydrogens is 1710 g/mol. The number of H-pyrrole nitrogens is 1. The fourth-order valence-electron chi connectivity index (χ4n) is 16.6. The predicted octanol–water partition coefficient (Wildman–Crippen LogP) is 2.88. The lowest BCUT2D eigenvalue weighted by molar-refractivity contribution is -0.152. The van der Waals surface area contributed by atoms with E-state index >= 15 is 24.0 Å². The molecule has 3 aliphatic heterocycles. The van der Waals surface area contributed by atoms with Crippen LogP contribution in [0.3, 0.4) is 0 Å². The molecule has 0 aliphatic carbocycles. The van der Waals surface area contributed by atoms with E-state index in [1.54, 1.807) is 95.4 Å². The van der Waals surface area contributed by atoms with Crippen LogP contribution >= 0.6 is 11.8 Å². The number of aliphatic hydroxyl groups is 1. The molecule has 0 spiro atoms. The largest absolute Gasteiger partial charge is 0.508 e. The Labute approximate surface area is 765 Å². The number of benzene rings is 5. The highest BCUT2D eigenvalue weighted by Crippen LogP contribution is 2.37. The van der Waals surface area contributed by atoms with Gasteiger partial charge in [-0.1, -0.05) is 139 Å². The molecule has 3 aliphatic rings. The van der Waals surface area contributed by atoms with Crippen LogP contribution in [0.15, 0.2) is 146 Å². The lowest BCUT2D eigenvalue weighted by Crippen LogP contribution is -2.61. The number of para-hydroxylation sites is 1. The normalized spacial score (nSPS) is 18.2. The number of carboxylic acids is 1. The smallest absolute Gasteiger partial charge is 0.305 e. The molecule has 3 unspecified atom stereocenters. The lowest BCUT2D eigenvalue weighted by Gasteiger charge is -2.38. The molecule has 708 valence electrons. The Morgan fingerprint density at radius 3 is 1.87 bits per heavy atom. The number of aromatic nitrogens is 1. The van der Waals surface area contributed by atoms with Crippen LogP contribution in [0.5, 0.6) is 11.5 Å². The second-order valence-electron chi connectivity index (χ2n) is 34.8. The zero-order chi connectivity index (χ0) is 95.6. The molecule has 37 heteroatoms. The molecule has 0 saturated carbocycles. The van der Waals surface area contributed by atoms with Gasteiger partial charge in [0, 0.05) is 76.3 Å². The summed E-state index contributed by atoms with van der Waals surface area (Å²) < 4.78 is 21.0. The third kappa shape index (κ3) is 29.2. The average molecular weight is 1830 g/mol. The number of nitrogens with zero attached hydrogens (tertiary/aromatic N) is 5. The number of primary amides is 1. The number of fused-ring (bicyclic) bond motifs is 1. The number of nitrogens with one attached hydrogen (secondary N) is 9. The van der Waals surface area contributed by atoms with Crippen molar-refractivity contribution in [2.45, 2.75) is 229 Å². The summed E-state index contributed by atoms with van der Waals surface area (Å²) in [5.74, 6) is -12.2. The second kappa shape index (κ2) is 48.7. The number of thioether (sulfide) groups is 1. The molecule has 12 amide bonds. The second-order valence-corrected chi connectivity index (χ2v) is 35.8. The van der Waals surface area contributed by atoms with E-state index in [2.05, 4.69) is 54.1 Å². The van der Waals surface area contributed by atoms with Crippen LogP contribution < -0.4 is 54.0 Å². The number of carbonyl (C=O) groups is 14. The summed E-state index contributed by atoms with van der Waals surface area (Å²) in [5.41, 5.74) is 15.7. The molecule has 9 rings (SSSR count). The van der Waals surface area contributed by atoms with E-state index in [1.807, 2.05) is 36.1 Å². The topological polar surface area (TPSA) is 513 Å². The monoisotopic (exact) mass is 1830 g/mol. The van der Waals surface area contributed by atoms with Crippen LogP contribution in [0.4, 0.5) is 4.39 Å². The molecule has 6 aromatic rings. The maximum Gasteiger partial charge on any atom is 0.305 e. The average Bonchev–Trinajstić information content (AvgIpc) is 1.61. The zero-order valence-electron chi connectivity index (χ0n) is 75.4. The summed E-state index contributed by atoms with van der Waals surface area (Å²) in [5, 5.41) is 65.8. The van der Waals surface area contributed by atoms with E-state index in [0.29, 0.717) is 72.8 Å². The van der Waals surface area contributed by atoms with Crippen molar-refractivity contribution in [3.63, 3.8) is 0 Å². The maximum absolute atomic E-state index is 15.5. The molecule has 17 N–H and O–H groups in total. The van der Waals surface area contributed by atoms with Gasteiger partial charge in [0.05, 0.1) is 55.0 Å². The fourth-order valence-corrected chi connectivity index (χ4v) is 17.4. The van der Waals surface area contributed by atoms with Gasteiger partial charge in [-0.05, 0) is 146 Å². The first-order chi connectivity index (χ1) is 62.3. The van der Waals surface area contributed by atoms with Crippen LogP contribution in [0.25, 0.3) is 10.9 Å². The van der Waals surface area contributed by atoms with Gasteiger partial charge in [-0.3, -0.25) is 72.5 Å². The Morgan fingerprint density at radius 2 is 1.24 bits per heavy atom. The number of aliphatic carboxylic acids is 1. The molecule has 0 bridgehead atoms. The number of halogens is 1. The molecule has 16 atom stereocenters. The number of phenols is 2. The molecule has 0 radical (unpaired) electrons. The van der Waals surface area contributed by atoms with Crippen LogP contribution in [-0.4, -0.2) is 282 Å². The zero-order valence-corrected chi connectivity index (χ0v) is 76.2. The molecule has 5 aromatic carbocycles. The van der Waals surface area contributed by atoms with Crippen LogP contribution in [0.1, 0.15) is 127 Å². The van der Waals surface area contributed by atoms with Gasteiger partial charge < -0.3 is 103 Å². The number of aldehydes is 1. The SMILES string of the molecule is C=C(C)[C@@H](C(=O)N[C@@H](Cc1ccc(O)cc1)C1OC1N1CCC[C@@H]1C(=O)N[C@@H](Cc1c[nH]c2ccccc12)C(=O)N[C@@H](Cc1ccc(O)cc1)C(O)N[C@@H](CC(C)C)C(=O)N[C@@H](CSCC(=O)N[C@@H](Cc1ccc(F)cc1)C(=O)N(C)[C@@H](Cc1ccccc1)C(=O)N(C)[C@@H](CCCC)C(=O)N1CCC[C@@H]1C(=O)N[C@H](C=O)CC(=O)O)C(=O)NCC(N)=O)N(C)C(=O)[C@@H](N)C(C)C. The number of ether oxygens (including phenoxy) is 1. The molecular formula is C94H125FN16O19S. The number of rotatable bonds is 50. The molecule has 3 saturated heterocycles. The van der Waals surface area contributed by atoms with Gasteiger partial charge in [-0.15, -0.1) is 11.8 Å². The Balaban J connectivity index is 0.933. The summed E-state index contributed by atoms with van der Waals surface area (Å²) in [7, 11) is 4.25. The third-order valence-corrected chi connectivity index (χ3v) is 24.9. The van der Waals surface area contributed by atoms with Crippen molar-refractivity contribution in [2.24, 2.45) is 23.3 Å². The number of likely N-dealkylation sites (tertiary alicyclic amines) is 2. The van der Waals surface area contributed by atoms with Crippen molar-refractivity contribution in [1.29, 1.82) is 0 Å². The number of aromatic amines is 1. The van der Waals surface area contributed by atoms with Crippen molar-refractivity contribution in [3.8, 4) is 11.5 Å². The molecule has 4 heterocycles. The quantitative estimate of drug-likeness (QED) is 0.0113. The summed E-state index contributed by atoms with van der Waals surface area (Å²) in [6.07, 6.45) is 0.168. The van der Waals surface area contributed by atoms with Crippen molar-refractivity contribution in [3.05, 3.63) is 179 Å². The number of likely N-dealkylation sites (N-methyl/N-ethyl adjacent to an activating group) is 3. The van der Waals surface area contributed by atoms with Crippen molar-refractivity contribution < 1.29 is 96.7 Å². The van der Waals surface area contributed by atoms with Crippen LogP contribution in [0, 0.1) is 17.7 Å². The number of carbonyl (C=O) groups excluding carboxylic acids is 13. The number of unbranched alkanes of at least 4 members (excludes halogenated alkanes) is 1. The van der Waals surface area contributed by atoms with Crippen molar-refractivity contribution in [1.82, 2.24) is 72.0 Å². The minimum Gasteiger partial charge on any atom is -0.508 e. The van der Waals surface area contributed by atoms with Crippen LogP contribution in [0.2, 0.25) is 0 Å². The number of epoxide rings is 1. The highest BCUT2D eigenvalue weighted by molar-refractivity contribution is 8.00. The number of aromatic hydroxyl groups is 2.